The normalized spacial score (nSPS) is 19.7. The van der Waals surface area contributed by atoms with Crippen LogP contribution in [-0.2, 0) is 14.8 Å². The third-order valence-corrected chi connectivity index (χ3v) is 6.61. The van der Waals surface area contributed by atoms with Crippen LogP contribution in [0, 0.1) is 5.92 Å². The predicted molar refractivity (Wildman–Crippen MR) is 104 cm³/mol. The van der Waals surface area contributed by atoms with E-state index in [0.717, 1.165) is 5.56 Å². The highest BCUT2D eigenvalue weighted by atomic mass is 35.5. The predicted octanol–water partition coefficient (Wildman–Crippen LogP) is 3.14. The van der Waals surface area contributed by atoms with Gasteiger partial charge in [-0.3, -0.25) is 9.59 Å². The molecule has 1 N–H and O–H groups in total. The molecule has 1 saturated heterocycles. The first-order valence-electron chi connectivity index (χ1n) is 8.43. The molecule has 1 fully saturated rings. The molecule has 0 aliphatic carbocycles. The Morgan fingerprint density at radius 2 is 1.89 bits per heavy atom. The Morgan fingerprint density at radius 3 is 2.48 bits per heavy atom. The zero-order chi connectivity index (χ0) is 19.8. The molecule has 0 saturated carbocycles. The third-order valence-electron chi connectivity index (χ3n) is 4.43. The number of anilines is 1. The van der Waals surface area contributed by atoms with Crippen molar-refractivity contribution >= 4 is 39.1 Å². The van der Waals surface area contributed by atoms with Crippen molar-refractivity contribution in [1.82, 2.24) is 5.32 Å². The van der Waals surface area contributed by atoms with E-state index in [1.165, 1.54) is 18.2 Å². The smallest absolute Gasteiger partial charge is 0.251 e. The summed E-state index contributed by atoms with van der Waals surface area (Å²) < 4.78 is 25.4. The number of nitrogens with one attached hydrogen (secondary N) is 1. The van der Waals surface area contributed by atoms with Crippen LogP contribution in [0.4, 0.5) is 5.69 Å². The lowest BCUT2D eigenvalue weighted by molar-refractivity contribution is -0.119. The number of carbonyl (C=O) groups excluding carboxylic acids is 2. The Labute approximate surface area is 163 Å². The minimum atomic E-state index is -3.80. The monoisotopic (exact) mass is 406 g/mol. The average molecular weight is 407 g/mol. The van der Waals surface area contributed by atoms with Gasteiger partial charge in [-0.15, -0.1) is 0 Å². The molecule has 6 nitrogen and oxygen atoms in total. The van der Waals surface area contributed by atoms with E-state index in [1.807, 2.05) is 37.3 Å². The Hall–Kier alpha value is -2.38. The van der Waals surface area contributed by atoms with Crippen molar-refractivity contribution in [1.29, 1.82) is 0 Å². The standard InChI is InChI=1S/C19H19ClN2O4S/c1-12-11-27(25,26)22(19(12)24)17-10-15(8-9-16(17)20)18(23)21-13(2)14-6-4-3-5-7-14/h3-10,12-13H,11H2,1-2H3,(H,21,23). The molecule has 142 valence electrons. The van der Waals surface area contributed by atoms with Crippen LogP contribution in [0.3, 0.4) is 0 Å². The molecule has 3 rings (SSSR count). The van der Waals surface area contributed by atoms with Gasteiger partial charge in [0.05, 0.1) is 28.4 Å². The number of sulfonamides is 1. The average Bonchev–Trinajstić information content (AvgIpc) is 2.83. The van der Waals surface area contributed by atoms with E-state index in [9.17, 15) is 18.0 Å². The Bertz CT molecular complexity index is 992. The molecular formula is C19H19ClN2O4S. The van der Waals surface area contributed by atoms with Gasteiger partial charge in [-0.25, -0.2) is 12.7 Å². The highest BCUT2D eigenvalue weighted by Gasteiger charge is 2.43. The number of hydrogen-bond donors (Lipinski definition) is 1. The van der Waals surface area contributed by atoms with Gasteiger partial charge in [0.15, 0.2) is 0 Å². The van der Waals surface area contributed by atoms with E-state index < -0.39 is 21.8 Å². The highest BCUT2D eigenvalue weighted by Crippen LogP contribution is 2.34. The molecule has 1 heterocycles. The molecule has 2 amide bonds. The van der Waals surface area contributed by atoms with Crippen molar-refractivity contribution in [3.8, 4) is 0 Å². The van der Waals surface area contributed by atoms with E-state index in [2.05, 4.69) is 5.32 Å². The number of amides is 2. The van der Waals surface area contributed by atoms with Crippen LogP contribution < -0.4 is 9.62 Å². The van der Waals surface area contributed by atoms with E-state index in [-0.39, 0.29) is 34.0 Å². The first kappa shape index (κ1) is 19.4. The van der Waals surface area contributed by atoms with Crippen molar-refractivity contribution in [3.05, 3.63) is 64.7 Å². The molecule has 0 radical (unpaired) electrons. The van der Waals surface area contributed by atoms with Crippen LogP contribution in [0.1, 0.15) is 35.8 Å². The van der Waals surface area contributed by atoms with E-state index in [4.69, 9.17) is 11.6 Å². The van der Waals surface area contributed by atoms with Crippen LogP contribution >= 0.6 is 11.6 Å². The van der Waals surface area contributed by atoms with Gasteiger partial charge in [0.2, 0.25) is 15.9 Å². The van der Waals surface area contributed by atoms with Crippen LogP contribution in [0.25, 0.3) is 0 Å². The molecule has 27 heavy (non-hydrogen) atoms. The fraction of sp³-hybridized carbons (Fsp3) is 0.263. The van der Waals surface area contributed by atoms with E-state index in [0.29, 0.717) is 4.31 Å². The second-order valence-electron chi connectivity index (χ2n) is 6.55. The zero-order valence-electron chi connectivity index (χ0n) is 14.8. The number of rotatable bonds is 4. The lowest BCUT2D eigenvalue weighted by atomic mass is 10.1. The van der Waals surface area contributed by atoms with Crippen LogP contribution in [0.15, 0.2) is 48.5 Å². The summed E-state index contributed by atoms with van der Waals surface area (Å²) in [6.45, 7) is 3.39. The maximum absolute atomic E-state index is 12.6. The number of hydrogen-bond acceptors (Lipinski definition) is 4. The minimum absolute atomic E-state index is 0.00558. The molecule has 2 aromatic rings. The van der Waals surface area contributed by atoms with Gasteiger partial charge in [-0.1, -0.05) is 48.9 Å². The molecule has 8 heteroatoms. The fourth-order valence-corrected chi connectivity index (χ4v) is 5.06. The second-order valence-corrected chi connectivity index (χ2v) is 8.82. The third kappa shape index (κ3) is 3.84. The summed E-state index contributed by atoms with van der Waals surface area (Å²) in [6.07, 6.45) is 0. The van der Waals surface area contributed by atoms with Gasteiger partial charge < -0.3 is 5.32 Å². The topological polar surface area (TPSA) is 83.6 Å². The number of carbonyl (C=O) groups is 2. The summed E-state index contributed by atoms with van der Waals surface area (Å²) in [5.41, 5.74) is 1.16. The van der Waals surface area contributed by atoms with Crippen molar-refractivity contribution in [2.75, 3.05) is 10.1 Å². The molecule has 2 unspecified atom stereocenters. The van der Waals surface area contributed by atoms with Crippen molar-refractivity contribution in [3.63, 3.8) is 0 Å². The SMILES string of the molecule is CC1CS(=O)(=O)N(c2cc(C(=O)NC(C)c3ccccc3)ccc2Cl)C1=O. The molecule has 2 atom stereocenters. The fourth-order valence-electron chi connectivity index (χ4n) is 2.98. The Balaban J connectivity index is 1.89. The zero-order valence-corrected chi connectivity index (χ0v) is 16.4. The van der Waals surface area contributed by atoms with Gasteiger partial charge >= 0.3 is 0 Å². The quantitative estimate of drug-likeness (QED) is 0.845. The van der Waals surface area contributed by atoms with Gasteiger partial charge in [-0.05, 0) is 30.7 Å². The molecule has 2 aromatic carbocycles. The molecule has 0 spiro atoms. The number of benzene rings is 2. The summed E-state index contributed by atoms with van der Waals surface area (Å²) in [5.74, 6) is -1.86. The second kappa shape index (κ2) is 7.32. The summed E-state index contributed by atoms with van der Waals surface area (Å²) in [4.78, 5) is 24.9. The van der Waals surface area contributed by atoms with Crippen LogP contribution in [0.5, 0.6) is 0 Å². The van der Waals surface area contributed by atoms with Crippen LogP contribution in [-0.4, -0.2) is 26.0 Å². The number of halogens is 1. The van der Waals surface area contributed by atoms with Crippen LogP contribution in [0.2, 0.25) is 5.02 Å². The first-order chi connectivity index (χ1) is 12.7. The molecule has 1 aliphatic heterocycles. The van der Waals surface area contributed by atoms with Crippen molar-refractivity contribution in [2.24, 2.45) is 5.92 Å². The molecule has 0 aromatic heterocycles. The molecule has 1 aliphatic rings. The minimum Gasteiger partial charge on any atom is -0.346 e. The van der Waals surface area contributed by atoms with Gasteiger partial charge in [0, 0.05) is 5.56 Å². The Morgan fingerprint density at radius 1 is 1.22 bits per heavy atom. The summed E-state index contributed by atoms with van der Waals surface area (Å²) in [5, 5.41) is 2.95. The largest absolute Gasteiger partial charge is 0.346 e. The summed E-state index contributed by atoms with van der Waals surface area (Å²) in [7, 11) is -3.80. The van der Waals surface area contributed by atoms with E-state index in [1.54, 1.807) is 6.92 Å². The van der Waals surface area contributed by atoms with Gasteiger partial charge in [0.25, 0.3) is 5.91 Å². The van der Waals surface area contributed by atoms with Crippen molar-refractivity contribution < 1.29 is 18.0 Å². The van der Waals surface area contributed by atoms with Crippen molar-refractivity contribution in [2.45, 2.75) is 19.9 Å². The maximum Gasteiger partial charge on any atom is 0.251 e. The number of nitrogens with zero attached hydrogens (tertiary/aromatic N) is 1. The summed E-state index contributed by atoms with van der Waals surface area (Å²) >= 11 is 6.13. The maximum atomic E-state index is 12.6. The summed E-state index contributed by atoms with van der Waals surface area (Å²) in [6, 6.07) is 13.5. The lowest BCUT2D eigenvalue weighted by Crippen LogP contribution is -2.31. The first-order valence-corrected chi connectivity index (χ1v) is 10.4. The van der Waals surface area contributed by atoms with Gasteiger partial charge in [-0.2, -0.15) is 0 Å². The Kier molecular flexibility index (Phi) is 5.26. The van der Waals surface area contributed by atoms with Gasteiger partial charge in [0.1, 0.15) is 0 Å². The molecular weight excluding hydrogens is 388 g/mol. The molecule has 0 bridgehead atoms. The lowest BCUT2D eigenvalue weighted by Gasteiger charge is -2.19. The highest BCUT2D eigenvalue weighted by molar-refractivity contribution is 7.94. The van der Waals surface area contributed by atoms with E-state index >= 15 is 0 Å².